The van der Waals surface area contributed by atoms with Crippen LogP contribution in [0.1, 0.15) is 43.0 Å². The maximum atomic E-state index is 11.6. The summed E-state index contributed by atoms with van der Waals surface area (Å²) in [5.41, 5.74) is 0.0123. The third-order valence-corrected chi connectivity index (χ3v) is 2.54. The summed E-state index contributed by atoms with van der Waals surface area (Å²) in [6.45, 7) is 2.40. The molecule has 5 nitrogen and oxygen atoms in total. The summed E-state index contributed by atoms with van der Waals surface area (Å²) in [5, 5.41) is 27.6. The van der Waals surface area contributed by atoms with Gasteiger partial charge in [0.15, 0.2) is 17.2 Å². The van der Waals surface area contributed by atoms with Crippen LogP contribution in [-0.4, -0.2) is 27.9 Å². The van der Waals surface area contributed by atoms with Crippen molar-refractivity contribution in [1.29, 1.82) is 0 Å². The minimum Gasteiger partial charge on any atom is -0.504 e. The number of hydrogen-bond donors (Lipinski definition) is 3. The number of ether oxygens (including phenoxy) is 1. The van der Waals surface area contributed by atoms with Gasteiger partial charge in [0.2, 0.25) is 0 Å². The molecule has 0 aliphatic rings. The molecule has 0 saturated heterocycles. The number of unbranched alkanes of at least 4 members (excludes halogenated alkanes) is 3. The molecule has 0 amide bonds. The maximum absolute atomic E-state index is 11.6. The molecule has 5 heteroatoms. The van der Waals surface area contributed by atoms with E-state index in [2.05, 4.69) is 6.92 Å². The molecule has 0 radical (unpaired) electrons. The molecule has 100 valence electrons. The van der Waals surface area contributed by atoms with Gasteiger partial charge in [-0.1, -0.05) is 26.2 Å². The molecule has 0 unspecified atom stereocenters. The van der Waals surface area contributed by atoms with Gasteiger partial charge >= 0.3 is 5.97 Å². The topological polar surface area (TPSA) is 87.0 Å². The van der Waals surface area contributed by atoms with E-state index in [1.54, 1.807) is 0 Å². The van der Waals surface area contributed by atoms with Crippen molar-refractivity contribution in [2.75, 3.05) is 6.61 Å². The number of phenolic OH excluding ortho intramolecular Hbond substituents is 3. The van der Waals surface area contributed by atoms with Crippen LogP contribution in [0.25, 0.3) is 0 Å². The Labute approximate surface area is 106 Å². The predicted molar refractivity (Wildman–Crippen MR) is 65.9 cm³/mol. The van der Waals surface area contributed by atoms with Crippen LogP contribution in [0, 0.1) is 0 Å². The molecule has 0 bridgehead atoms. The highest BCUT2D eigenvalue weighted by Crippen LogP contribution is 2.35. The first-order valence-electron chi connectivity index (χ1n) is 5.98. The zero-order valence-corrected chi connectivity index (χ0v) is 10.3. The van der Waals surface area contributed by atoms with Crippen molar-refractivity contribution in [2.45, 2.75) is 32.6 Å². The number of phenols is 3. The quantitative estimate of drug-likeness (QED) is 0.412. The fourth-order valence-electron chi connectivity index (χ4n) is 1.50. The summed E-state index contributed by atoms with van der Waals surface area (Å²) >= 11 is 0. The summed E-state index contributed by atoms with van der Waals surface area (Å²) in [6.07, 6.45) is 3.98. The first kappa shape index (κ1) is 14.2. The second-order valence-electron chi connectivity index (χ2n) is 4.06. The SMILES string of the molecule is CCCCCCOC(=O)c1cc(O)c(O)c(O)c1. The highest BCUT2D eigenvalue weighted by atomic mass is 16.5. The van der Waals surface area contributed by atoms with Gasteiger partial charge in [0, 0.05) is 0 Å². The lowest BCUT2D eigenvalue weighted by atomic mass is 10.2. The van der Waals surface area contributed by atoms with Crippen LogP contribution in [0.2, 0.25) is 0 Å². The molecule has 1 aromatic rings. The Kier molecular flexibility index (Phi) is 5.30. The molecule has 1 rings (SSSR count). The van der Waals surface area contributed by atoms with Crippen molar-refractivity contribution in [3.05, 3.63) is 17.7 Å². The van der Waals surface area contributed by atoms with Crippen LogP contribution in [0.4, 0.5) is 0 Å². The van der Waals surface area contributed by atoms with Crippen LogP contribution >= 0.6 is 0 Å². The van der Waals surface area contributed by atoms with E-state index in [1.165, 1.54) is 0 Å². The molecule has 1 aromatic carbocycles. The predicted octanol–water partition coefficient (Wildman–Crippen LogP) is 2.54. The van der Waals surface area contributed by atoms with Crippen LogP contribution < -0.4 is 0 Å². The van der Waals surface area contributed by atoms with E-state index in [-0.39, 0.29) is 5.56 Å². The number of carbonyl (C=O) groups is 1. The van der Waals surface area contributed by atoms with Crippen molar-refractivity contribution in [3.63, 3.8) is 0 Å². The third kappa shape index (κ3) is 3.84. The van der Waals surface area contributed by atoms with Crippen molar-refractivity contribution in [3.8, 4) is 17.2 Å². The first-order valence-corrected chi connectivity index (χ1v) is 5.98. The van der Waals surface area contributed by atoms with Gasteiger partial charge in [-0.05, 0) is 18.6 Å². The fraction of sp³-hybridized carbons (Fsp3) is 0.462. The average Bonchev–Trinajstić information content (AvgIpc) is 2.34. The Morgan fingerprint density at radius 2 is 1.72 bits per heavy atom. The van der Waals surface area contributed by atoms with E-state index in [0.717, 1.165) is 37.8 Å². The zero-order chi connectivity index (χ0) is 13.5. The molecule has 0 aliphatic carbocycles. The summed E-state index contributed by atoms with van der Waals surface area (Å²) < 4.78 is 4.98. The van der Waals surface area contributed by atoms with E-state index < -0.39 is 23.2 Å². The zero-order valence-electron chi connectivity index (χ0n) is 10.3. The number of hydrogen-bond acceptors (Lipinski definition) is 5. The number of rotatable bonds is 6. The second kappa shape index (κ2) is 6.74. The van der Waals surface area contributed by atoms with Crippen molar-refractivity contribution >= 4 is 5.97 Å². The normalized spacial score (nSPS) is 10.3. The third-order valence-electron chi connectivity index (χ3n) is 2.54. The van der Waals surface area contributed by atoms with Gasteiger partial charge in [-0.3, -0.25) is 0 Å². The largest absolute Gasteiger partial charge is 0.504 e. The molecule has 0 aliphatic heterocycles. The maximum Gasteiger partial charge on any atom is 0.338 e. The fourth-order valence-corrected chi connectivity index (χ4v) is 1.50. The van der Waals surface area contributed by atoms with E-state index in [1.807, 2.05) is 0 Å². The molecule has 0 atom stereocenters. The summed E-state index contributed by atoms with van der Waals surface area (Å²) in [4.78, 5) is 11.6. The van der Waals surface area contributed by atoms with E-state index >= 15 is 0 Å². The van der Waals surface area contributed by atoms with Crippen LogP contribution in [0.3, 0.4) is 0 Å². The average molecular weight is 254 g/mol. The minimum atomic E-state index is -0.644. The smallest absolute Gasteiger partial charge is 0.338 e. The van der Waals surface area contributed by atoms with E-state index in [9.17, 15) is 15.0 Å². The Balaban J connectivity index is 2.52. The molecule has 3 N–H and O–H groups in total. The number of benzene rings is 1. The highest BCUT2D eigenvalue weighted by molar-refractivity contribution is 5.91. The second-order valence-corrected chi connectivity index (χ2v) is 4.06. The molecular weight excluding hydrogens is 236 g/mol. The molecule has 0 spiro atoms. The monoisotopic (exact) mass is 254 g/mol. The van der Waals surface area contributed by atoms with Gasteiger partial charge in [0.1, 0.15) is 0 Å². The standard InChI is InChI=1S/C13H18O5/c1-2-3-4-5-6-18-13(17)9-7-10(14)12(16)11(15)8-9/h7-8,14-16H,2-6H2,1H3. The van der Waals surface area contributed by atoms with Crippen LogP contribution in [0.5, 0.6) is 17.2 Å². The molecule has 0 fully saturated rings. The summed E-state index contributed by atoms with van der Waals surface area (Å²) in [5.74, 6) is -2.37. The Morgan fingerprint density at radius 1 is 1.11 bits per heavy atom. The van der Waals surface area contributed by atoms with Gasteiger partial charge in [-0.25, -0.2) is 4.79 Å². The molecule has 18 heavy (non-hydrogen) atoms. The first-order chi connectivity index (χ1) is 8.56. The Bertz CT molecular complexity index is 391. The van der Waals surface area contributed by atoms with Gasteiger partial charge in [-0.2, -0.15) is 0 Å². The lowest BCUT2D eigenvalue weighted by molar-refractivity contribution is 0.0497. The number of esters is 1. The van der Waals surface area contributed by atoms with Gasteiger partial charge < -0.3 is 20.1 Å². The van der Waals surface area contributed by atoms with Crippen LogP contribution in [-0.2, 0) is 4.74 Å². The van der Waals surface area contributed by atoms with Gasteiger partial charge in [-0.15, -0.1) is 0 Å². The van der Waals surface area contributed by atoms with Crippen molar-refractivity contribution in [2.24, 2.45) is 0 Å². The van der Waals surface area contributed by atoms with E-state index in [0.29, 0.717) is 6.61 Å². The molecular formula is C13H18O5. The van der Waals surface area contributed by atoms with Gasteiger partial charge in [0.25, 0.3) is 0 Å². The molecule has 0 saturated carbocycles. The lowest BCUT2D eigenvalue weighted by Crippen LogP contribution is -2.06. The highest BCUT2D eigenvalue weighted by Gasteiger charge is 2.14. The van der Waals surface area contributed by atoms with Crippen molar-refractivity contribution < 1.29 is 24.9 Å². The van der Waals surface area contributed by atoms with Gasteiger partial charge in [0.05, 0.1) is 12.2 Å². The minimum absolute atomic E-state index is 0.0123. The Morgan fingerprint density at radius 3 is 2.28 bits per heavy atom. The Hall–Kier alpha value is -1.91. The number of aromatic hydroxyl groups is 3. The molecule has 0 aromatic heterocycles. The van der Waals surface area contributed by atoms with E-state index in [4.69, 9.17) is 9.84 Å². The van der Waals surface area contributed by atoms with Crippen molar-refractivity contribution in [1.82, 2.24) is 0 Å². The molecule has 0 heterocycles. The lowest BCUT2D eigenvalue weighted by Gasteiger charge is -2.06. The number of carbonyl (C=O) groups excluding carboxylic acids is 1. The summed E-state index contributed by atoms with van der Waals surface area (Å²) in [7, 11) is 0. The van der Waals surface area contributed by atoms with Crippen LogP contribution in [0.15, 0.2) is 12.1 Å². The summed E-state index contributed by atoms with van der Waals surface area (Å²) in [6, 6.07) is 2.12.